The number of benzene rings is 4. The third-order valence-electron chi connectivity index (χ3n) is 9.95. The summed E-state index contributed by atoms with van der Waals surface area (Å²) in [6.07, 6.45) is 19.8. The number of hydrogen-bond acceptors (Lipinski definition) is 2. The molecule has 0 unspecified atom stereocenters. The minimum Gasteiger partial charge on any atom is -0.255 e. The Labute approximate surface area is 321 Å². The van der Waals surface area contributed by atoms with E-state index in [1.54, 1.807) is 0 Å². The molecule has 0 bridgehead atoms. The summed E-state index contributed by atoms with van der Waals surface area (Å²) in [6, 6.07) is 51.5. The number of hydrogen-bond donors (Lipinski definition) is 0. The van der Waals surface area contributed by atoms with E-state index in [9.17, 15) is 0 Å². The number of pyridine rings is 2. The van der Waals surface area contributed by atoms with E-state index in [1.807, 2.05) is 24.4 Å². The Bertz CT molecular complexity index is 2320. The number of nitrogens with zero attached hydrogens (tertiary/aromatic N) is 2. The first kappa shape index (κ1) is 36.0. The van der Waals surface area contributed by atoms with Crippen LogP contribution in [-0.4, -0.2) is 9.97 Å². The predicted octanol–water partition coefficient (Wildman–Crippen LogP) is 14.0. The molecule has 2 nitrogen and oxygen atoms in total. The lowest BCUT2D eigenvalue weighted by Crippen LogP contribution is -1.96. The summed E-state index contributed by atoms with van der Waals surface area (Å²) in [5, 5.41) is 0. The van der Waals surface area contributed by atoms with Crippen LogP contribution >= 0.6 is 0 Å². The van der Waals surface area contributed by atoms with Crippen LogP contribution in [0.1, 0.15) is 67.0 Å². The molecule has 0 fully saturated rings. The van der Waals surface area contributed by atoms with Gasteiger partial charge in [0.2, 0.25) is 0 Å². The number of rotatable bonds is 12. The molecule has 0 spiro atoms. The highest BCUT2D eigenvalue weighted by Crippen LogP contribution is 2.37. The van der Waals surface area contributed by atoms with Crippen LogP contribution in [0.4, 0.5) is 0 Å². The Morgan fingerprint density at radius 3 is 1.94 bits per heavy atom. The molecule has 0 saturated carbocycles. The molecule has 2 heteroatoms. The Hall–Kier alpha value is -6.38. The summed E-state index contributed by atoms with van der Waals surface area (Å²) in [7, 11) is 0. The van der Waals surface area contributed by atoms with Crippen LogP contribution in [0.2, 0.25) is 0 Å². The molecule has 54 heavy (non-hydrogen) atoms. The average Bonchev–Trinajstić information content (AvgIpc) is 3.23. The molecule has 4 aromatic carbocycles. The van der Waals surface area contributed by atoms with Gasteiger partial charge in [-0.1, -0.05) is 171 Å². The van der Waals surface area contributed by atoms with E-state index in [1.165, 1.54) is 33.4 Å². The van der Waals surface area contributed by atoms with E-state index in [2.05, 4.69) is 182 Å². The lowest BCUT2D eigenvalue weighted by molar-refractivity contribution is 1.05. The zero-order valence-corrected chi connectivity index (χ0v) is 31.0. The molecule has 0 amide bonds. The van der Waals surface area contributed by atoms with Crippen molar-refractivity contribution in [1.82, 2.24) is 9.97 Å². The van der Waals surface area contributed by atoms with E-state index >= 15 is 0 Å². The summed E-state index contributed by atoms with van der Waals surface area (Å²) >= 11 is 0. The van der Waals surface area contributed by atoms with Crippen LogP contribution in [0.15, 0.2) is 195 Å². The Morgan fingerprint density at radius 1 is 0.611 bits per heavy atom. The molecular formula is C52H46N2. The highest BCUT2D eigenvalue weighted by Gasteiger charge is 2.15. The minimum absolute atomic E-state index is 0.867. The fourth-order valence-electron chi connectivity index (χ4n) is 7.17. The van der Waals surface area contributed by atoms with Gasteiger partial charge in [-0.2, -0.15) is 0 Å². The fraction of sp³-hybridized carbons (Fsp3) is 0.115. The molecule has 2 heterocycles. The normalized spacial score (nSPS) is 15.6. The Balaban J connectivity index is 1.26. The van der Waals surface area contributed by atoms with Gasteiger partial charge in [0.15, 0.2) is 0 Å². The van der Waals surface area contributed by atoms with Gasteiger partial charge in [-0.3, -0.25) is 4.98 Å². The minimum atomic E-state index is 0.867. The zero-order valence-electron chi connectivity index (χ0n) is 31.0. The molecule has 1 aliphatic carbocycles. The predicted molar refractivity (Wildman–Crippen MR) is 231 cm³/mol. The van der Waals surface area contributed by atoms with Crippen molar-refractivity contribution in [2.75, 3.05) is 0 Å². The summed E-state index contributed by atoms with van der Waals surface area (Å²) in [6.45, 7) is 6.84. The van der Waals surface area contributed by atoms with Gasteiger partial charge in [0.25, 0.3) is 0 Å². The van der Waals surface area contributed by atoms with Crippen molar-refractivity contribution in [3.63, 3.8) is 0 Å². The van der Waals surface area contributed by atoms with Crippen molar-refractivity contribution < 1.29 is 0 Å². The Kier molecular flexibility index (Phi) is 11.9. The molecule has 264 valence electrons. The van der Waals surface area contributed by atoms with Gasteiger partial charge >= 0.3 is 0 Å². The van der Waals surface area contributed by atoms with Gasteiger partial charge in [-0.15, -0.1) is 0 Å². The summed E-state index contributed by atoms with van der Waals surface area (Å²) in [5.74, 6) is 0. The highest BCUT2D eigenvalue weighted by atomic mass is 14.8. The lowest BCUT2D eigenvalue weighted by Gasteiger charge is -2.17. The monoisotopic (exact) mass is 698 g/mol. The van der Waals surface area contributed by atoms with E-state index in [4.69, 9.17) is 4.98 Å². The maximum atomic E-state index is 5.11. The molecule has 0 radical (unpaired) electrons. The SMILES string of the molecule is C=C(/C(=C/CC/C(=C(\CC)c1ccccc1)c1ccc(-c2cc(C3=C\CC/C=C/C=C\3)nc(-c3ccccn3)c2)cc1)c1ccccc1)c1ccccc1. The molecular weight excluding hydrogens is 653 g/mol. The van der Waals surface area contributed by atoms with Gasteiger partial charge < -0.3 is 0 Å². The maximum Gasteiger partial charge on any atom is 0.0899 e. The van der Waals surface area contributed by atoms with Crippen molar-refractivity contribution in [3.05, 3.63) is 223 Å². The van der Waals surface area contributed by atoms with E-state index in [-0.39, 0.29) is 0 Å². The number of aromatic nitrogens is 2. The highest BCUT2D eigenvalue weighted by molar-refractivity contribution is 6.04. The van der Waals surface area contributed by atoms with Gasteiger partial charge in [0, 0.05) is 6.20 Å². The smallest absolute Gasteiger partial charge is 0.0899 e. The third kappa shape index (κ3) is 8.80. The van der Waals surface area contributed by atoms with E-state index in [0.29, 0.717) is 0 Å². The van der Waals surface area contributed by atoms with Gasteiger partial charge in [-0.05, 0) is 118 Å². The second kappa shape index (κ2) is 17.9. The molecule has 2 aromatic heterocycles. The second-order valence-corrected chi connectivity index (χ2v) is 13.5. The van der Waals surface area contributed by atoms with Crippen molar-refractivity contribution in [2.24, 2.45) is 0 Å². The summed E-state index contributed by atoms with van der Waals surface area (Å²) in [4.78, 5) is 9.77. The lowest BCUT2D eigenvalue weighted by atomic mass is 9.88. The second-order valence-electron chi connectivity index (χ2n) is 13.5. The van der Waals surface area contributed by atoms with Gasteiger partial charge in [-0.25, -0.2) is 4.98 Å². The molecule has 0 saturated heterocycles. The molecule has 0 atom stereocenters. The van der Waals surface area contributed by atoms with Crippen LogP contribution in [0, 0.1) is 0 Å². The van der Waals surface area contributed by atoms with Crippen molar-refractivity contribution in [2.45, 2.75) is 39.0 Å². The molecule has 0 N–H and O–H groups in total. The molecule has 6 aromatic rings. The van der Waals surface area contributed by atoms with Crippen molar-refractivity contribution >= 4 is 27.9 Å². The zero-order chi connectivity index (χ0) is 37.0. The maximum absolute atomic E-state index is 5.11. The van der Waals surface area contributed by atoms with Crippen LogP contribution in [0.5, 0.6) is 0 Å². The van der Waals surface area contributed by atoms with Crippen LogP contribution in [0.3, 0.4) is 0 Å². The summed E-state index contributed by atoms with van der Waals surface area (Å²) < 4.78 is 0. The van der Waals surface area contributed by atoms with Gasteiger partial charge in [0.1, 0.15) is 0 Å². The largest absolute Gasteiger partial charge is 0.255 e. The number of allylic oxidation sites excluding steroid dienone is 11. The Morgan fingerprint density at radius 2 is 1.26 bits per heavy atom. The summed E-state index contributed by atoms with van der Waals surface area (Å²) in [5.41, 5.74) is 15.9. The standard InChI is InChI=1S/C52H46N2/c1-3-47(42-23-14-8-15-24-42)49(30-20-29-48(43-25-16-9-17-26-43)39(2)40-21-12-7-13-22-40)44-34-32-41(33-35-44)46-37-51(45-27-10-5-4-6-11-28-45)54-52(38-46)50-31-18-19-36-53-50/h4-5,7-10,12-19,21-29,31-38H,2-3,6,11,20,30H2,1H3/b5-4+,27-10-,45-28-,48-29-,49-47-. The first-order valence-electron chi connectivity index (χ1n) is 19.0. The van der Waals surface area contributed by atoms with Crippen LogP contribution < -0.4 is 0 Å². The first-order valence-corrected chi connectivity index (χ1v) is 19.0. The quantitative estimate of drug-likeness (QED) is 0.0939. The third-order valence-corrected chi connectivity index (χ3v) is 9.95. The van der Waals surface area contributed by atoms with E-state index in [0.717, 1.165) is 77.0 Å². The van der Waals surface area contributed by atoms with Crippen molar-refractivity contribution in [3.8, 4) is 22.5 Å². The average molecular weight is 699 g/mol. The van der Waals surface area contributed by atoms with Crippen molar-refractivity contribution in [1.29, 1.82) is 0 Å². The van der Waals surface area contributed by atoms with E-state index < -0.39 is 0 Å². The molecule has 1 aliphatic rings. The fourth-order valence-corrected chi connectivity index (χ4v) is 7.17. The molecule has 7 rings (SSSR count). The van der Waals surface area contributed by atoms with Gasteiger partial charge in [0.05, 0.1) is 17.1 Å². The van der Waals surface area contributed by atoms with Crippen LogP contribution in [-0.2, 0) is 0 Å². The van der Waals surface area contributed by atoms with Crippen LogP contribution in [0.25, 0.3) is 50.4 Å². The topological polar surface area (TPSA) is 25.8 Å². The first-order chi connectivity index (χ1) is 26.7. The molecule has 0 aliphatic heterocycles.